The first kappa shape index (κ1) is 23.7. The van der Waals surface area contributed by atoms with Crippen molar-refractivity contribution in [2.75, 3.05) is 0 Å². The molecule has 4 aromatic heterocycles. The normalized spacial score (nSPS) is 15.8. The molecule has 2 atom stereocenters. The van der Waals surface area contributed by atoms with E-state index in [0.29, 0.717) is 0 Å². The standard InChI is InChI=1S/C14H15N3O.C13H11N3O/c1-11(13-6-9-15-10-7-13)17-18-12(2)14-5-3-4-8-16-14;1-2-11(9-15-5-1)13-8-12(16-17-13)10-3-6-14-7-4-10/h3-10,12H,1-2H3;1-7,9,13H,8H2/b17-11+;. The summed E-state index contributed by atoms with van der Waals surface area (Å²) in [6.07, 6.45) is 12.9. The third kappa shape index (κ3) is 6.77. The maximum atomic E-state index is 5.45. The third-order valence-corrected chi connectivity index (χ3v) is 5.29. The summed E-state index contributed by atoms with van der Waals surface area (Å²) in [5, 5.41) is 8.24. The first-order chi connectivity index (χ1) is 17.2. The predicted octanol–water partition coefficient (Wildman–Crippen LogP) is 5.32. The maximum absolute atomic E-state index is 5.45. The van der Waals surface area contributed by atoms with Gasteiger partial charge in [0.15, 0.2) is 12.2 Å². The number of hydrogen-bond donors (Lipinski definition) is 0. The summed E-state index contributed by atoms with van der Waals surface area (Å²) >= 11 is 0. The number of nitrogens with zero attached hydrogens (tertiary/aromatic N) is 6. The molecule has 8 nitrogen and oxygen atoms in total. The highest BCUT2D eigenvalue weighted by Gasteiger charge is 2.23. The molecule has 0 saturated carbocycles. The van der Waals surface area contributed by atoms with Crippen molar-refractivity contribution in [1.29, 1.82) is 0 Å². The molecule has 35 heavy (non-hydrogen) atoms. The Bertz CT molecular complexity index is 1240. The number of hydrogen-bond acceptors (Lipinski definition) is 8. The molecule has 0 N–H and O–H groups in total. The van der Waals surface area contributed by atoms with Crippen LogP contribution in [0.5, 0.6) is 0 Å². The van der Waals surface area contributed by atoms with Gasteiger partial charge in [0, 0.05) is 66.5 Å². The molecule has 0 saturated heterocycles. The van der Waals surface area contributed by atoms with Crippen LogP contribution in [0.1, 0.15) is 54.9 Å². The number of aromatic nitrogens is 4. The molecule has 0 aromatic carbocycles. The highest BCUT2D eigenvalue weighted by molar-refractivity contribution is 6.01. The van der Waals surface area contributed by atoms with Crippen LogP contribution in [0.15, 0.2) is 108 Å². The van der Waals surface area contributed by atoms with Gasteiger partial charge in [0.2, 0.25) is 0 Å². The van der Waals surface area contributed by atoms with Crippen LogP contribution < -0.4 is 0 Å². The number of pyridine rings is 4. The van der Waals surface area contributed by atoms with Gasteiger partial charge in [-0.2, -0.15) is 0 Å². The Kier molecular flexibility index (Phi) is 8.21. The summed E-state index contributed by atoms with van der Waals surface area (Å²) in [5.41, 5.74) is 5.76. The molecule has 4 aromatic rings. The van der Waals surface area contributed by atoms with Gasteiger partial charge in [-0.15, -0.1) is 0 Å². The van der Waals surface area contributed by atoms with Gasteiger partial charge in [-0.1, -0.05) is 22.4 Å². The fourth-order valence-corrected chi connectivity index (χ4v) is 3.31. The molecule has 0 aliphatic carbocycles. The molecule has 5 rings (SSSR count). The smallest absolute Gasteiger partial charge is 0.166 e. The monoisotopic (exact) mass is 466 g/mol. The third-order valence-electron chi connectivity index (χ3n) is 5.29. The SMILES string of the molecule is C/C(=N\OC(C)c1ccccn1)c1ccncc1.c1cncc(C2CC(c3ccncc3)=NO2)c1. The number of oxime groups is 2. The molecule has 5 heterocycles. The van der Waals surface area contributed by atoms with E-state index in [1.54, 1.807) is 37.2 Å². The Morgan fingerprint density at radius 1 is 0.914 bits per heavy atom. The molecule has 0 amide bonds. The molecule has 0 radical (unpaired) electrons. The van der Waals surface area contributed by atoms with E-state index in [-0.39, 0.29) is 12.2 Å². The molecular weight excluding hydrogens is 440 g/mol. The van der Waals surface area contributed by atoms with Gasteiger partial charge in [-0.05, 0) is 56.3 Å². The van der Waals surface area contributed by atoms with E-state index in [4.69, 9.17) is 9.68 Å². The molecule has 2 unspecified atom stereocenters. The Balaban J connectivity index is 0.000000165. The van der Waals surface area contributed by atoms with E-state index >= 15 is 0 Å². The Hall–Kier alpha value is -4.46. The van der Waals surface area contributed by atoms with Crippen LogP contribution >= 0.6 is 0 Å². The molecule has 1 aliphatic heterocycles. The highest BCUT2D eigenvalue weighted by atomic mass is 16.6. The van der Waals surface area contributed by atoms with Crippen LogP contribution in [0.3, 0.4) is 0 Å². The zero-order chi connectivity index (χ0) is 24.3. The predicted molar refractivity (Wildman–Crippen MR) is 134 cm³/mol. The largest absolute Gasteiger partial charge is 0.387 e. The lowest BCUT2D eigenvalue weighted by molar-refractivity contribution is 0.0693. The summed E-state index contributed by atoms with van der Waals surface area (Å²) in [6, 6.07) is 17.3. The Morgan fingerprint density at radius 3 is 2.37 bits per heavy atom. The molecule has 0 fully saturated rings. The lowest BCUT2D eigenvalue weighted by Crippen LogP contribution is -2.01. The minimum Gasteiger partial charge on any atom is -0.387 e. The van der Waals surface area contributed by atoms with Crippen LogP contribution in [0.25, 0.3) is 0 Å². The highest BCUT2D eigenvalue weighted by Crippen LogP contribution is 2.28. The molecule has 1 aliphatic rings. The van der Waals surface area contributed by atoms with Crippen molar-refractivity contribution < 1.29 is 9.68 Å². The van der Waals surface area contributed by atoms with Gasteiger partial charge < -0.3 is 9.68 Å². The van der Waals surface area contributed by atoms with Crippen LogP contribution in [0, 0.1) is 0 Å². The van der Waals surface area contributed by atoms with Crippen LogP contribution in [0.2, 0.25) is 0 Å². The van der Waals surface area contributed by atoms with Gasteiger partial charge in [-0.25, -0.2) is 0 Å². The van der Waals surface area contributed by atoms with E-state index in [0.717, 1.165) is 40.2 Å². The Morgan fingerprint density at radius 2 is 1.69 bits per heavy atom. The van der Waals surface area contributed by atoms with Crippen LogP contribution in [0.4, 0.5) is 0 Å². The second kappa shape index (κ2) is 12.1. The zero-order valence-electron chi connectivity index (χ0n) is 19.6. The second-order valence-electron chi connectivity index (χ2n) is 7.77. The summed E-state index contributed by atoms with van der Waals surface area (Å²) in [4.78, 5) is 27.1. The van der Waals surface area contributed by atoms with Crippen molar-refractivity contribution in [1.82, 2.24) is 19.9 Å². The first-order valence-corrected chi connectivity index (χ1v) is 11.3. The molecule has 0 spiro atoms. The van der Waals surface area contributed by atoms with Gasteiger partial charge in [0.1, 0.15) is 0 Å². The topological polar surface area (TPSA) is 94.7 Å². The zero-order valence-corrected chi connectivity index (χ0v) is 19.6. The van der Waals surface area contributed by atoms with Gasteiger partial charge in [-0.3, -0.25) is 19.9 Å². The van der Waals surface area contributed by atoms with Crippen molar-refractivity contribution in [2.45, 2.75) is 32.5 Å². The molecule has 0 bridgehead atoms. The molecule has 8 heteroatoms. The number of rotatable bonds is 6. The minimum absolute atomic E-state index is 0.0214. The average molecular weight is 467 g/mol. The Labute approximate surface area is 204 Å². The first-order valence-electron chi connectivity index (χ1n) is 11.3. The summed E-state index contributed by atoms with van der Waals surface area (Å²) < 4.78 is 0. The fraction of sp³-hybridized carbons (Fsp3) is 0.185. The lowest BCUT2D eigenvalue weighted by Gasteiger charge is -2.09. The van der Waals surface area contributed by atoms with Crippen molar-refractivity contribution in [3.05, 3.63) is 120 Å². The van der Waals surface area contributed by atoms with E-state index < -0.39 is 0 Å². The van der Waals surface area contributed by atoms with Crippen molar-refractivity contribution in [3.63, 3.8) is 0 Å². The van der Waals surface area contributed by atoms with Gasteiger partial charge >= 0.3 is 0 Å². The van der Waals surface area contributed by atoms with Crippen molar-refractivity contribution in [3.8, 4) is 0 Å². The van der Waals surface area contributed by atoms with Gasteiger partial charge in [0.05, 0.1) is 17.1 Å². The maximum Gasteiger partial charge on any atom is 0.166 e. The quantitative estimate of drug-likeness (QED) is 0.282. The van der Waals surface area contributed by atoms with Gasteiger partial charge in [0.25, 0.3) is 0 Å². The van der Waals surface area contributed by atoms with E-state index in [2.05, 4.69) is 30.2 Å². The second-order valence-corrected chi connectivity index (χ2v) is 7.77. The summed E-state index contributed by atoms with van der Waals surface area (Å²) in [7, 11) is 0. The molecule has 176 valence electrons. The van der Waals surface area contributed by atoms with E-state index in [1.165, 1.54) is 0 Å². The average Bonchev–Trinajstić information content (AvgIpc) is 3.44. The van der Waals surface area contributed by atoms with Crippen LogP contribution in [-0.4, -0.2) is 31.4 Å². The summed E-state index contributed by atoms with van der Waals surface area (Å²) in [6.45, 7) is 3.83. The van der Waals surface area contributed by atoms with Crippen molar-refractivity contribution >= 4 is 11.4 Å². The summed E-state index contributed by atoms with van der Waals surface area (Å²) in [5.74, 6) is 0. The fourth-order valence-electron chi connectivity index (χ4n) is 3.31. The lowest BCUT2D eigenvalue weighted by atomic mass is 10.0. The van der Waals surface area contributed by atoms with Crippen molar-refractivity contribution in [2.24, 2.45) is 10.3 Å². The minimum atomic E-state index is -0.164. The van der Waals surface area contributed by atoms with E-state index in [9.17, 15) is 0 Å². The van der Waals surface area contributed by atoms with Crippen LogP contribution in [-0.2, 0) is 9.68 Å². The molecular formula is C27H26N6O2. The van der Waals surface area contributed by atoms with E-state index in [1.807, 2.05) is 74.6 Å².